The number of carbonyl (C=O) groups is 6. The first kappa shape index (κ1) is 29.3. The van der Waals surface area contributed by atoms with Gasteiger partial charge in [0.2, 0.25) is 5.91 Å². The molecule has 0 aromatic heterocycles. The minimum Gasteiger partial charge on any atom is -0.478 e. The van der Waals surface area contributed by atoms with Gasteiger partial charge in [-0.05, 0) is 0 Å². The molecular formula is C21H19N3O8. The number of rotatable bonds is 4. The number of carboxylic acid groups (broad SMARTS) is 1. The van der Waals surface area contributed by atoms with Crippen LogP contribution < -0.4 is 11.1 Å². The molecule has 0 saturated carbocycles. The van der Waals surface area contributed by atoms with Crippen LogP contribution in [0.3, 0.4) is 0 Å². The van der Waals surface area contributed by atoms with E-state index < -0.39 is 23.8 Å². The number of esters is 2. The maximum atomic E-state index is 10.7. The Balaban J connectivity index is 0. The van der Waals surface area contributed by atoms with Gasteiger partial charge in [-0.2, -0.15) is 0 Å². The summed E-state index contributed by atoms with van der Waals surface area (Å²) in [6, 6.07) is 0. The maximum absolute atomic E-state index is 10.7. The highest BCUT2D eigenvalue weighted by atomic mass is 16.6. The molecule has 0 atom stereocenters. The number of carboxylic acids is 1. The van der Waals surface area contributed by atoms with Gasteiger partial charge in [0.15, 0.2) is 0 Å². The summed E-state index contributed by atoms with van der Waals surface area (Å²) in [6.07, 6.45) is 20.6. The molecule has 3 amide bonds. The average Bonchev–Trinajstić information content (AvgIpc) is 3.30. The molecule has 11 heteroatoms. The molecule has 0 spiro atoms. The second-order valence-electron chi connectivity index (χ2n) is 4.88. The van der Waals surface area contributed by atoms with Crippen LogP contribution in [0.4, 0.5) is 0 Å². The van der Waals surface area contributed by atoms with Crippen LogP contribution in [0.15, 0.2) is 36.5 Å². The third-order valence-electron chi connectivity index (χ3n) is 2.57. The fraction of sp³-hybridized carbons (Fsp3) is 0.143. The molecule has 0 unspecified atom stereocenters. The standard InChI is InChI=1S/C7H7NO3.C7H5NO2.C4H2O3.C3H5N/c1-2-5-8-6(9)3-4-7(10)11;1-2-5-8-6(9)3-4-7(8)10;5-3-1-2-4(6)7-3;1-2-3-4/h1,3-4H,5H2,(H,8,9)(H,10,11);1,3-4H,5H2;1-2H;1H,3-4H2/b4-3-;;;. The van der Waals surface area contributed by atoms with Crippen molar-refractivity contribution in [2.45, 2.75) is 0 Å². The Labute approximate surface area is 183 Å². The molecule has 4 N–H and O–H groups in total. The number of ether oxygens (including phenoxy) is 1. The van der Waals surface area contributed by atoms with Crippen LogP contribution in [-0.4, -0.2) is 65.3 Å². The normalized spacial score (nSPS) is 12.6. The monoisotopic (exact) mass is 441 g/mol. The van der Waals surface area contributed by atoms with Crippen molar-refractivity contribution in [3.63, 3.8) is 0 Å². The van der Waals surface area contributed by atoms with Crippen molar-refractivity contribution in [2.24, 2.45) is 5.73 Å². The van der Waals surface area contributed by atoms with Crippen molar-refractivity contribution in [1.29, 1.82) is 0 Å². The molecular weight excluding hydrogens is 422 g/mol. The fourth-order valence-electron chi connectivity index (χ4n) is 1.33. The molecule has 0 aromatic carbocycles. The quantitative estimate of drug-likeness (QED) is 0.148. The smallest absolute Gasteiger partial charge is 0.338 e. The Morgan fingerprint density at radius 2 is 1.47 bits per heavy atom. The summed E-state index contributed by atoms with van der Waals surface area (Å²) in [4.78, 5) is 62.7. The van der Waals surface area contributed by atoms with E-state index in [4.69, 9.17) is 23.7 Å². The molecule has 2 rings (SSSR count). The minimum absolute atomic E-state index is 0.0602. The van der Waals surface area contributed by atoms with E-state index in [0.29, 0.717) is 6.54 Å². The Kier molecular flexibility index (Phi) is 16.6. The van der Waals surface area contributed by atoms with Gasteiger partial charge in [0.25, 0.3) is 11.8 Å². The van der Waals surface area contributed by atoms with Crippen LogP contribution in [0.25, 0.3) is 0 Å². The van der Waals surface area contributed by atoms with Crippen molar-refractivity contribution >= 4 is 35.6 Å². The van der Waals surface area contributed by atoms with E-state index in [0.717, 1.165) is 29.2 Å². The zero-order chi connectivity index (χ0) is 24.9. The molecule has 0 bridgehead atoms. The van der Waals surface area contributed by atoms with Gasteiger partial charge in [0, 0.05) is 36.5 Å². The number of nitrogens with zero attached hydrogens (tertiary/aromatic N) is 1. The predicted octanol–water partition coefficient (Wildman–Crippen LogP) is -1.87. The lowest BCUT2D eigenvalue weighted by Crippen LogP contribution is -2.29. The van der Waals surface area contributed by atoms with Gasteiger partial charge in [0.05, 0.1) is 19.6 Å². The lowest BCUT2D eigenvalue weighted by atomic mass is 10.4. The van der Waals surface area contributed by atoms with Crippen molar-refractivity contribution in [1.82, 2.24) is 10.2 Å². The highest BCUT2D eigenvalue weighted by molar-refractivity contribution is 6.13. The van der Waals surface area contributed by atoms with Crippen molar-refractivity contribution < 1.29 is 38.6 Å². The molecule has 32 heavy (non-hydrogen) atoms. The zero-order valence-electron chi connectivity index (χ0n) is 16.6. The van der Waals surface area contributed by atoms with E-state index in [-0.39, 0.29) is 24.9 Å². The van der Waals surface area contributed by atoms with Crippen LogP contribution in [0.2, 0.25) is 0 Å². The van der Waals surface area contributed by atoms with E-state index in [9.17, 15) is 28.8 Å². The Morgan fingerprint density at radius 1 is 0.969 bits per heavy atom. The summed E-state index contributed by atoms with van der Waals surface area (Å²) < 4.78 is 3.97. The molecule has 2 heterocycles. The molecule has 0 aromatic rings. The van der Waals surface area contributed by atoms with Crippen LogP contribution in [0.1, 0.15) is 0 Å². The van der Waals surface area contributed by atoms with Gasteiger partial charge < -0.3 is 20.9 Å². The molecule has 0 radical (unpaired) electrons. The first-order valence-electron chi connectivity index (χ1n) is 8.29. The second kappa shape index (κ2) is 18.1. The molecule has 11 nitrogen and oxygen atoms in total. The third kappa shape index (κ3) is 16.1. The van der Waals surface area contributed by atoms with Gasteiger partial charge in [-0.3, -0.25) is 19.3 Å². The topological polar surface area (TPSA) is 173 Å². The lowest BCUT2D eigenvalue weighted by molar-refractivity contribution is -0.150. The van der Waals surface area contributed by atoms with E-state index in [2.05, 4.69) is 34.2 Å². The number of carbonyl (C=O) groups excluding carboxylic acids is 5. The van der Waals surface area contributed by atoms with E-state index in [1.165, 1.54) is 12.2 Å². The van der Waals surface area contributed by atoms with Crippen LogP contribution in [0.5, 0.6) is 0 Å². The molecule has 0 fully saturated rings. The summed E-state index contributed by atoms with van der Waals surface area (Å²) >= 11 is 0. The lowest BCUT2D eigenvalue weighted by Gasteiger charge is -2.07. The van der Waals surface area contributed by atoms with E-state index >= 15 is 0 Å². The van der Waals surface area contributed by atoms with Crippen molar-refractivity contribution in [2.75, 3.05) is 19.6 Å². The number of terminal acetylenes is 3. The van der Waals surface area contributed by atoms with Crippen LogP contribution >= 0.6 is 0 Å². The van der Waals surface area contributed by atoms with E-state index in [1.54, 1.807) is 0 Å². The third-order valence-corrected chi connectivity index (χ3v) is 2.57. The summed E-state index contributed by atoms with van der Waals surface area (Å²) in [7, 11) is 0. The number of nitrogens with two attached hydrogens (primary N) is 1. The SMILES string of the molecule is C#CCN.C#CCN1C(=O)C=CC1=O.C#CCNC(=O)/C=C\C(=O)O.O=C1C=CC(=O)O1. The zero-order valence-corrected chi connectivity index (χ0v) is 16.6. The second-order valence-corrected chi connectivity index (χ2v) is 4.88. The fourth-order valence-corrected chi connectivity index (χ4v) is 1.33. The number of aliphatic carboxylic acids is 1. The maximum Gasteiger partial charge on any atom is 0.338 e. The predicted molar refractivity (Wildman–Crippen MR) is 111 cm³/mol. The van der Waals surface area contributed by atoms with Gasteiger partial charge >= 0.3 is 17.9 Å². The van der Waals surface area contributed by atoms with Gasteiger partial charge in [-0.1, -0.05) is 17.8 Å². The Bertz CT molecular complexity index is 906. The number of cyclic esters (lactones) is 2. The largest absolute Gasteiger partial charge is 0.478 e. The summed E-state index contributed by atoms with van der Waals surface area (Å²) in [5, 5.41) is 10.3. The van der Waals surface area contributed by atoms with Crippen molar-refractivity contribution in [3.05, 3.63) is 36.5 Å². The number of nitrogens with one attached hydrogen (secondary N) is 1. The highest BCUT2D eigenvalue weighted by Crippen LogP contribution is 2.01. The highest BCUT2D eigenvalue weighted by Gasteiger charge is 2.21. The number of imide groups is 1. The van der Waals surface area contributed by atoms with Gasteiger partial charge in [0.1, 0.15) is 0 Å². The molecule has 2 aliphatic rings. The van der Waals surface area contributed by atoms with Gasteiger partial charge in [-0.25, -0.2) is 14.4 Å². The van der Waals surface area contributed by atoms with Crippen LogP contribution in [-0.2, 0) is 33.5 Å². The summed E-state index contributed by atoms with van der Waals surface area (Å²) in [5.74, 6) is 3.10. The van der Waals surface area contributed by atoms with Gasteiger partial charge in [-0.15, -0.1) is 19.3 Å². The molecule has 2 aliphatic heterocycles. The number of amides is 3. The van der Waals surface area contributed by atoms with Crippen LogP contribution in [0, 0.1) is 37.0 Å². The molecule has 0 aliphatic carbocycles. The summed E-state index contributed by atoms with van der Waals surface area (Å²) in [5.41, 5.74) is 4.79. The van der Waals surface area contributed by atoms with E-state index in [1.807, 2.05) is 0 Å². The molecule has 0 saturated heterocycles. The number of hydrogen-bond acceptors (Lipinski definition) is 8. The minimum atomic E-state index is -1.17. The average molecular weight is 441 g/mol. The summed E-state index contributed by atoms with van der Waals surface area (Å²) in [6.45, 7) is 0.507. The Morgan fingerprint density at radius 3 is 1.78 bits per heavy atom. The first-order chi connectivity index (χ1) is 15.1. The Hall–Kier alpha value is -4.92. The first-order valence-corrected chi connectivity index (χ1v) is 8.29. The molecule has 166 valence electrons. The number of hydrogen-bond donors (Lipinski definition) is 3. The van der Waals surface area contributed by atoms with Crippen molar-refractivity contribution in [3.8, 4) is 37.0 Å².